The molecule has 0 saturated carbocycles. The molecular weight excluding hydrogens is 264 g/mol. The summed E-state index contributed by atoms with van der Waals surface area (Å²) in [5.74, 6) is 0.810. The van der Waals surface area contributed by atoms with Gasteiger partial charge in [0.2, 0.25) is 0 Å². The Kier molecular flexibility index (Phi) is 4.09. The molecule has 108 valence electrons. The SMILES string of the molecule is O=C(Nc1ccc(N2CCCCC2)nc1)c1cccnc1. The summed E-state index contributed by atoms with van der Waals surface area (Å²) < 4.78 is 0. The number of nitrogens with one attached hydrogen (secondary N) is 1. The Morgan fingerprint density at radius 2 is 1.95 bits per heavy atom. The molecule has 1 fully saturated rings. The predicted octanol–water partition coefficient (Wildman–Crippen LogP) is 2.72. The van der Waals surface area contributed by atoms with E-state index in [0.717, 1.165) is 18.9 Å². The minimum absolute atomic E-state index is 0.171. The minimum Gasteiger partial charge on any atom is -0.357 e. The lowest BCUT2D eigenvalue weighted by atomic mass is 10.1. The molecule has 21 heavy (non-hydrogen) atoms. The van der Waals surface area contributed by atoms with E-state index in [-0.39, 0.29) is 5.91 Å². The topological polar surface area (TPSA) is 58.1 Å². The van der Waals surface area contributed by atoms with Crippen LogP contribution in [-0.2, 0) is 0 Å². The summed E-state index contributed by atoms with van der Waals surface area (Å²) in [6.07, 6.45) is 8.65. The number of carbonyl (C=O) groups excluding carboxylic acids is 1. The van der Waals surface area contributed by atoms with Crippen LogP contribution >= 0.6 is 0 Å². The number of rotatable bonds is 3. The second-order valence-corrected chi connectivity index (χ2v) is 5.15. The van der Waals surface area contributed by atoms with Crippen LogP contribution in [0.5, 0.6) is 0 Å². The standard InChI is InChI=1S/C16H18N4O/c21-16(13-5-4-8-17-11-13)19-14-6-7-15(18-12-14)20-9-2-1-3-10-20/h4-8,11-12H,1-3,9-10H2,(H,19,21). The van der Waals surface area contributed by atoms with Gasteiger partial charge in [0.25, 0.3) is 5.91 Å². The van der Waals surface area contributed by atoms with E-state index in [1.165, 1.54) is 19.3 Å². The minimum atomic E-state index is -0.171. The zero-order valence-corrected chi connectivity index (χ0v) is 11.8. The van der Waals surface area contributed by atoms with Crippen molar-refractivity contribution < 1.29 is 4.79 Å². The van der Waals surface area contributed by atoms with Crippen LogP contribution in [0.1, 0.15) is 29.6 Å². The number of aromatic nitrogens is 2. The smallest absolute Gasteiger partial charge is 0.257 e. The lowest BCUT2D eigenvalue weighted by Gasteiger charge is -2.27. The van der Waals surface area contributed by atoms with Gasteiger partial charge in [-0.15, -0.1) is 0 Å². The van der Waals surface area contributed by atoms with Crippen LogP contribution in [0, 0.1) is 0 Å². The maximum absolute atomic E-state index is 12.0. The summed E-state index contributed by atoms with van der Waals surface area (Å²) in [7, 11) is 0. The second kappa shape index (κ2) is 6.35. The van der Waals surface area contributed by atoms with E-state index in [1.807, 2.05) is 12.1 Å². The molecule has 1 saturated heterocycles. The van der Waals surface area contributed by atoms with Crippen molar-refractivity contribution in [3.8, 4) is 0 Å². The molecule has 0 radical (unpaired) electrons. The number of anilines is 2. The maximum atomic E-state index is 12.0. The normalized spacial score (nSPS) is 14.8. The number of piperidine rings is 1. The Morgan fingerprint density at radius 1 is 1.10 bits per heavy atom. The second-order valence-electron chi connectivity index (χ2n) is 5.15. The Bertz CT molecular complexity index is 591. The fourth-order valence-electron chi connectivity index (χ4n) is 2.47. The van der Waals surface area contributed by atoms with Crippen molar-refractivity contribution in [3.63, 3.8) is 0 Å². The molecule has 1 N–H and O–H groups in total. The molecule has 0 bridgehead atoms. The highest BCUT2D eigenvalue weighted by Crippen LogP contribution is 2.19. The first-order valence-electron chi connectivity index (χ1n) is 7.25. The van der Waals surface area contributed by atoms with Gasteiger partial charge in [-0.1, -0.05) is 0 Å². The molecule has 0 atom stereocenters. The van der Waals surface area contributed by atoms with Gasteiger partial charge in [0.05, 0.1) is 17.4 Å². The summed E-state index contributed by atoms with van der Waals surface area (Å²) in [5.41, 5.74) is 1.24. The molecule has 0 unspecified atom stereocenters. The third kappa shape index (κ3) is 3.37. The third-order valence-electron chi connectivity index (χ3n) is 3.61. The zero-order chi connectivity index (χ0) is 14.5. The molecule has 1 aliphatic heterocycles. The molecular formula is C16H18N4O. The molecule has 3 heterocycles. The van der Waals surface area contributed by atoms with Crippen molar-refractivity contribution in [3.05, 3.63) is 48.4 Å². The van der Waals surface area contributed by atoms with Crippen LogP contribution in [0.2, 0.25) is 0 Å². The lowest BCUT2D eigenvalue weighted by molar-refractivity contribution is 0.102. The van der Waals surface area contributed by atoms with Crippen molar-refractivity contribution in [2.24, 2.45) is 0 Å². The molecule has 3 rings (SSSR count). The highest BCUT2D eigenvalue weighted by Gasteiger charge is 2.12. The average Bonchev–Trinajstić information content (AvgIpc) is 2.57. The van der Waals surface area contributed by atoms with Gasteiger partial charge in [-0.05, 0) is 43.5 Å². The van der Waals surface area contributed by atoms with Gasteiger partial charge in [0, 0.05) is 25.5 Å². The molecule has 2 aromatic heterocycles. The average molecular weight is 282 g/mol. The van der Waals surface area contributed by atoms with Gasteiger partial charge < -0.3 is 10.2 Å². The summed E-state index contributed by atoms with van der Waals surface area (Å²) in [5, 5.41) is 2.83. The van der Waals surface area contributed by atoms with Gasteiger partial charge in [0.15, 0.2) is 0 Å². The van der Waals surface area contributed by atoms with Crippen LogP contribution in [0.25, 0.3) is 0 Å². The Hall–Kier alpha value is -2.43. The van der Waals surface area contributed by atoms with Crippen molar-refractivity contribution in [2.45, 2.75) is 19.3 Å². The molecule has 1 amide bonds. The van der Waals surface area contributed by atoms with Gasteiger partial charge in [0.1, 0.15) is 5.82 Å². The first-order chi connectivity index (χ1) is 10.3. The predicted molar refractivity (Wildman–Crippen MR) is 82.5 cm³/mol. The van der Waals surface area contributed by atoms with Gasteiger partial charge in [-0.3, -0.25) is 9.78 Å². The summed E-state index contributed by atoms with van der Waals surface area (Å²) in [6.45, 7) is 2.13. The summed E-state index contributed by atoms with van der Waals surface area (Å²) >= 11 is 0. The summed E-state index contributed by atoms with van der Waals surface area (Å²) in [6, 6.07) is 7.33. The molecule has 0 aliphatic carbocycles. The first-order valence-corrected chi connectivity index (χ1v) is 7.25. The number of nitrogens with zero attached hydrogens (tertiary/aromatic N) is 3. The fraction of sp³-hybridized carbons (Fsp3) is 0.312. The van der Waals surface area contributed by atoms with E-state index in [1.54, 1.807) is 30.7 Å². The van der Waals surface area contributed by atoms with Crippen molar-refractivity contribution >= 4 is 17.4 Å². The van der Waals surface area contributed by atoms with Crippen molar-refractivity contribution in [1.82, 2.24) is 9.97 Å². The van der Waals surface area contributed by atoms with Gasteiger partial charge in [-0.25, -0.2) is 4.98 Å². The van der Waals surface area contributed by atoms with E-state index in [9.17, 15) is 4.79 Å². The lowest BCUT2D eigenvalue weighted by Crippen LogP contribution is -2.30. The maximum Gasteiger partial charge on any atom is 0.257 e. The monoisotopic (exact) mass is 282 g/mol. The van der Waals surface area contributed by atoms with Crippen LogP contribution in [0.3, 0.4) is 0 Å². The number of hydrogen-bond acceptors (Lipinski definition) is 4. The largest absolute Gasteiger partial charge is 0.357 e. The van der Waals surface area contributed by atoms with Crippen molar-refractivity contribution in [1.29, 1.82) is 0 Å². The molecule has 0 spiro atoms. The van der Waals surface area contributed by atoms with Crippen LogP contribution < -0.4 is 10.2 Å². The van der Waals surface area contributed by atoms with E-state index >= 15 is 0 Å². The van der Waals surface area contributed by atoms with Crippen LogP contribution in [-0.4, -0.2) is 29.0 Å². The van der Waals surface area contributed by atoms with Crippen molar-refractivity contribution in [2.75, 3.05) is 23.3 Å². The number of pyridine rings is 2. The van der Waals surface area contributed by atoms with Gasteiger partial charge >= 0.3 is 0 Å². The molecule has 2 aromatic rings. The Balaban J connectivity index is 1.65. The number of carbonyl (C=O) groups is 1. The molecule has 1 aliphatic rings. The zero-order valence-electron chi connectivity index (χ0n) is 11.8. The Morgan fingerprint density at radius 3 is 2.62 bits per heavy atom. The highest BCUT2D eigenvalue weighted by molar-refractivity contribution is 6.03. The van der Waals surface area contributed by atoms with E-state index in [0.29, 0.717) is 11.3 Å². The molecule has 0 aromatic carbocycles. The van der Waals surface area contributed by atoms with E-state index in [2.05, 4.69) is 20.2 Å². The van der Waals surface area contributed by atoms with Crippen LogP contribution in [0.4, 0.5) is 11.5 Å². The highest BCUT2D eigenvalue weighted by atomic mass is 16.1. The molecule has 5 heteroatoms. The number of hydrogen-bond donors (Lipinski definition) is 1. The Labute approximate surface area is 124 Å². The van der Waals surface area contributed by atoms with Gasteiger partial charge in [-0.2, -0.15) is 0 Å². The third-order valence-corrected chi connectivity index (χ3v) is 3.61. The fourth-order valence-corrected chi connectivity index (χ4v) is 2.47. The van der Waals surface area contributed by atoms with E-state index < -0.39 is 0 Å². The van der Waals surface area contributed by atoms with Crippen LogP contribution in [0.15, 0.2) is 42.9 Å². The summed E-state index contributed by atoms with van der Waals surface area (Å²) in [4.78, 5) is 22.7. The van der Waals surface area contributed by atoms with E-state index in [4.69, 9.17) is 0 Å². The first kappa shape index (κ1) is 13.5. The molecule has 5 nitrogen and oxygen atoms in total. The number of amides is 1. The quantitative estimate of drug-likeness (QED) is 0.940.